The first-order chi connectivity index (χ1) is 23.4. The van der Waals surface area contributed by atoms with Crippen LogP contribution >= 0.6 is 0 Å². The second-order valence-electron chi connectivity index (χ2n) is 13.8. The molecule has 0 bridgehead atoms. The van der Waals surface area contributed by atoms with Crippen molar-refractivity contribution in [2.24, 2.45) is 11.8 Å². The maximum atomic E-state index is 14.6. The van der Waals surface area contributed by atoms with Crippen molar-refractivity contribution in [3.8, 4) is 11.5 Å². The van der Waals surface area contributed by atoms with Gasteiger partial charge in [-0.1, -0.05) is 71.7 Å². The van der Waals surface area contributed by atoms with Gasteiger partial charge in [0.15, 0.2) is 12.3 Å². The first-order valence-electron chi connectivity index (χ1n) is 17.5. The molecule has 0 radical (unpaired) electrons. The molecule has 12 nitrogen and oxygen atoms in total. The lowest BCUT2D eigenvalue weighted by Gasteiger charge is -2.53. The van der Waals surface area contributed by atoms with Crippen LogP contribution in [0.1, 0.15) is 77.8 Å². The molecule has 12 heteroatoms. The van der Waals surface area contributed by atoms with E-state index in [1.807, 2.05) is 20.8 Å². The third kappa shape index (κ3) is 9.87. The third-order valence-corrected chi connectivity index (χ3v) is 8.94. The molecule has 4 rings (SSSR count). The van der Waals surface area contributed by atoms with Crippen molar-refractivity contribution in [3.63, 3.8) is 0 Å². The van der Waals surface area contributed by atoms with Crippen LogP contribution in [-0.2, 0) is 36.8 Å². The number of benzene rings is 2. The van der Waals surface area contributed by atoms with E-state index in [-0.39, 0.29) is 48.8 Å². The standard InChI is InChI=1S/C37H52N4O8/c1-6-7-8-30(34(44)38-19-17-24(2)3)39-23-33-40(31(35(39)45)22-27-11-15-29(43)16-12-27)36(46)32(21-25(4)5)49-41(33)37(47)48-20-18-26-9-13-28(42)14-10-26/h9-16,24-25,30-33,42-43H,6-8,17-23H2,1-5H3,(H,38,44)/t30-,31-,32+,33?/m0/s1. The van der Waals surface area contributed by atoms with E-state index in [1.165, 1.54) is 21.9 Å². The van der Waals surface area contributed by atoms with Gasteiger partial charge in [0.05, 0.1) is 13.2 Å². The Morgan fingerprint density at radius 2 is 1.55 bits per heavy atom. The number of nitrogens with zero attached hydrogens (tertiary/aromatic N) is 3. The Morgan fingerprint density at radius 1 is 0.918 bits per heavy atom. The van der Waals surface area contributed by atoms with E-state index in [0.717, 1.165) is 23.5 Å². The van der Waals surface area contributed by atoms with E-state index in [4.69, 9.17) is 9.57 Å². The van der Waals surface area contributed by atoms with Crippen LogP contribution in [0.4, 0.5) is 4.79 Å². The van der Waals surface area contributed by atoms with Crippen molar-refractivity contribution in [3.05, 3.63) is 59.7 Å². The highest BCUT2D eigenvalue weighted by molar-refractivity contribution is 5.95. The van der Waals surface area contributed by atoms with Gasteiger partial charge in [0, 0.05) is 19.4 Å². The first-order valence-corrected chi connectivity index (χ1v) is 17.5. The molecule has 3 N–H and O–H groups in total. The minimum atomic E-state index is -1.05. The molecule has 0 aromatic heterocycles. The fourth-order valence-corrected chi connectivity index (χ4v) is 6.25. The van der Waals surface area contributed by atoms with Gasteiger partial charge in [-0.25, -0.2) is 4.79 Å². The summed E-state index contributed by atoms with van der Waals surface area (Å²) in [6, 6.07) is 11.1. The number of rotatable bonds is 15. The average molecular weight is 681 g/mol. The maximum absolute atomic E-state index is 14.6. The quantitative estimate of drug-likeness (QED) is 0.244. The number of piperazine rings is 1. The van der Waals surface area contributed by atoms with E-state index in [0.29, 0.717) is 43.7 Å². The molecule has 0 spiro atoms. The van der Waals surface area contributed by atoms with E-state index in [1.54, 1.807) is 36.4 Å². The Bertz CT molecular complexity index is 1410. The van der Waals surface area contributed by atoms with Gasteiger partial charge in [0.2, 0.25) is 11.8 Å². The molecule has 268 valence electrons. The Hall–Kier alpha value is -4.32. The number of hydroxylamine groups is 2. The summed E-state index contributed by atoms with van der Waals surface area (Å²) in [6.45, 7) is 10.4. The number of carbonyl (C=O) groups excluding carboxylic acids is 4. The van der Waals surface area contributed by atoms with Gasteiger partial charge >= 0.3 is 6.09 Å². The highest BCUT2D eigenvalue weighted by atomic mass is 16.7. The smallest absolute Gasteiger partial charge is 0.436 e. The molecule has 4 amide bonds. The second-order valence-corrected chi connectivity index (χ2v) is 13.8. The summed E-state index contributed by atoms with van der Waals surface area (Å²) in [5.74, 6) is -0.448. The van der Waals surface area contributed by atoms with Gasteiger partial charge in [-0.15, -0.1) is 0 Å². The van der Waals surface area contributed by atoms with Crippen molar-refractivity contribution >= 4 is 23.8 Å². The predicted octanol–water partition coefficient (Wildman–Crippen LogP) is 4.77. The zero-order valence-corrected chi connectivity index (χ0v) is 29.3. The van der Waals surface area contributed by atoms with Gasteiger partial charge in [-0.2, -0.15) is 5.06 Å². The molecule has 2 heterocycles. The Balaban J connectivity index is 1.70. The number of fused-ring (bicyclic) bond motifs is 1. The number of carbonyl (C=O) groups is 4. The summed E-state index contributed by atoms with van der Waals surface area (Å²) in [4.78, 5) is 65.3. The van der Waals surface area contributed by atoms with E-state index in [2.05, 4.69) is 19.2 Å². The molecule has 4 atom stereocenters. The average Bonchev–Trinajstić information content (AvgIpc) is 3.05. The largest absolute Gasteiger partial charge is 0.508 e. The minimum Gasteiger partial charge on any atom is -0.508 e. The van der Waals surface area contributed by atoms with Gasteiger partial charge in [-0.05, 0) is 66.5 Å². The molecule has 2 aromatic rings. The van der Waals surface area contributed by atoms with Crippen LogP contribution in [0.5, 0.6) is 11.5 Å². The number of amides is 4. The van der Waals surface area contributed by atoms with Crippen LogP contribution in [0, 0.1) is 11.8 Å². The highest BCUT2D eigenvalue weighted by Gasteiger charge is 2.55. The predicted molar refractivity (Wildman–Crippen MR) is 183 cm³/mol. The van der Waals surface area contributed by atoms with Crippen LogP contribution in [0.3, 0.4) is 0 Å². The summed E-state index contributed by atoms with van der Waals surface area (Å²) in [5.41, 5.74) is 1.55. The van der Waals surface area contributed by atoms with Crippen molar-refractivity contribution in [2.45, 2.75) is 104 Å². The first kappa shape index (κ1) is 37.5. The Morgan fingerprint density at radius 3 is 2.14 bits per heavy atom. The molecule has 0 saturated carbocycles. The molecular formula is C37H52N4O8. The number of unbranched alkanes of at least 4 members (excludes halogenated alkanes) is 1. The van der Waals surface area contributed by atoms with E-state index in [9.17, 15) is 29.4 Å². The fraction of sp³-hybridized carbons (Fsp3) is 0.568. The molecule has 2 aliphatic rings. The van der Waals surface area contributed by atoms with E-state index >= 15 is 0 Å². The summed E-state index contributed by atoms with van der Waals surface area (Å²) >= 11 is 0. The summed E-state index contributed by atoms with van der Waals surface area (Å²) < 4.78 is 5.68. The lowest BCUT2D eigenvalue weighted by molar-refractivity contribution is -0.269. The number of phenolic OH excluding ortho intramolecular Hbond substituents is 2. The van der Waals surface area contributed by atoms with Crippen LogP contribution < -0.4 is 5.32 Å². The number of hydrogen-bond acceptors (Lipinski definition) is 8. The maximum Gasteiger partial charge on any atom is 0.436 e. The lowest BCUT2D eigenvalue weighted by Crippen LogP contribution is -2.75. The van der Waals surface area contributed by atoms with E-state index < -0.39 is 36.4 Å². The molecular weight excluding hydrogens is 628 g/mol. The molecule has 2 fully saturated rings. The van der Waals surface area contributed by atoms with Crippen molar-refractivity contribution in [2.75, 3.05) is 19.7 Å². The van der Waals surface area contributed by atoms with Gasteiger partial charge in [-0.3, -0.25) is 19.2 Å². The number of aromatic hydroxyl groups is 2. The summed E-state index contributed by atoms with van der Waals surface area (Å²) in [6.07, 6.45) is 0.597. The minimum absolute atomic E-state index is 0.00987. The van der Waals surface area contributed by atoms with Crippen LogP contribution in [0.15, 0.2) is 48.5 Å². The number of phenols is 2. The van der Waals surface area contributed by atoms with Crippen LogP contribution in [0.2, 0.25) is 0 Å². The topological polar surface area (TPSA) is 149 Å². The number of ether oxygens (including phenoxy) is 1. The number of nitrogens with one attached hydrogen (secondary N) is 1. The van der Waals surface area contributed by atoms with Gasteiger partial charge in [0.25, 0.3) is 5.91 Å². The third-order valence-electron chi connectivity index (χ3n) is 8.94. The second kappa shape index (κ2) is 17.4. The van der Waals surface area contributed by atoms with Crippen molar-refractivity contribution in [1.29, 1.82) is 0 Å². The molecule has 2 aliphatic heterocycles. The van der Waals surface area contributed by atoms with Crippen LogP contribution in [-0.4, -0.2) is 92.9 Å². The van der Waals surface area contributed by atoms with Gasteiger partial charge < -0.3 is 30.1 Å². The zero-order valence-electron chi connectivity index (χ0n) is 29.3. The molecule has 2 saturated heterocycles. The molecule has 0 aliphatic carbocycles. The lowest BCUT2D eigenvalue weighted by atomic mass is 9.94. The SMILES string of the molecule is CCCC[C@@H](C(=O)NCCC(C)C)N1CC2N(C(=O)OCCc3ccc(O)cc3)O[C@H](CC(C)C)C(=O)N2[C@@H](Cc2ccc(O)cc2)C1=O. The van der Waals surface area contributed by atoms with Crippen molar-refractivity contribution in [1.82, 2.24) is 20.2 Å². The number of hydrogen-bond donors (Lipinski definition) is 3. The molecule has 1 unspecified atom stereocenters. The summed E-state index contributed by atoms with van der Waals surface area (Å²) in [5, 5.41) is 23.6. The monoisotopic (exact) mass is 680 g/mol. The molecule has 49 heavy (non-hydrogen) atoms. The summed E-state index contributed by atoms with van der Waals surface area (Å²) in [7, 11) is 0. The van der Waals surface area contributed by atoms with Gasteiger partial charge in [0.1, 0.15) is 23.6 Å². The van der Waals surface area contributed by atoms with Crippen LogP contribution in [0.25, 0.3) is 0 Å². The molecule has 2 aromatic carbocycles. The zero-order chi connectivity index (χ0) is 35.7. The Kier molecular flexibility index (Phi) is 13.3. The normalized spacial score (nSPS) is 20.1. The Labute approximate surface area is 289 Å². The highest BCUT2D eigenvalue weighted by Crippen LogP contribution is 2.33. The van der Waals surface area contributed by atoms with Crippen molar-refractivity contribution < 1.29 is 39.0 Å². The fourth-order valence-electron chi connectivity index (χ4n) is 6.25.